The van der Waals surface area contributed by atoms with E-state index >= 15 is 0 Å². The van der Waals surface area contributed by atoms with E-state index in [0.717, 1.165) is 141 Å². The lowest BCUT2D eigenvalue weighted by Gasteiger charge is -2.28. The van der Waals surface area contributed by atoms with Gasteiger partial charge in [0.25, 0.3) is 7.82 Å². The molecule has 0 radical (unpaired) electrons. The molecule has 0 aromatic rings. The Bertz CT molecular complexity index is 1990. The van der Waals surface area contributed by atoms with Crippen LogP contribution in [0.4, 0.5) is 0 Å². The highest BCUT2D eigenvalue weighted by molar-refractivity contribution is 7.45. The number of likely N-dealkylation sites (N-methyl/N-ethyl adjacent to an activating group) is 1. The van der Waals surface area contributed by atoms with Crippen LogP contribution in [0.15, 0.2) is 170 Å². The third-order valence-corrected chi connectivity index (χ3v) is 13.7. The van der Waals surface area contributed by atoms with E-state index in [1.54, 1.807) is 0 Å². The number of phosphoric ester groups is 1. The Morgan fingerprint density at radius 1 is 0.390 bits per heavy atom. The van der Waals surface area contributed by atoms with E-state index in [0.29, 0.717) is 23.9 Å². The van der Waals surface area contributed by atoms with E-state index in [4.69, 9.17) is 18.5 Å². The molecule has 462 valence electrons. The zero-order valence-electron chi connectivity index (χ0n) is 52.4. The van der Waals surface area contributed by atoms with Gasteiger partial charge in [-0.1, -0.05) is 242 Å². The molecule has 0 aliphatic rings. The Hall–Kier alpha value is -4.63. The minimum atomic E-state index is -4.66. The van der Waals surface area contributed by atoms with Crippen LogP contribution in [0.25, 0.3) is 0 Å². The number of ether oxygens (including phenoxy) is 2. The number of carbonyl (C=O) groups is 2. The topological polar surface area (TPSA) is 111 Å². The lowest BCUT2D eigenvalue weighted by atomic mass is 10.1. The summed E-state index contributed by atoms with van der Waals surface area (Å²) >= 11 is 0. The number of nitrogens with zero attached hydrogens (tertiary/aromatic N) is 1. The number of hydrogen-bond acceptors (Lipinski definition) is 8. The first kappa shape index (κ1) is 77.4. The molecule has 0 aromatic heterocycles. The SMILES string of the molecule is CC/C=C\C/C=C\C/C=C\C/C=C\C/C=C\C/C=C\C/C=C\C/C=C\C/C=C\C/C=C\C/C=C\CCCCCC(=O)OC(COC(=O)CCCCCCCC/C=C\C/C=C\C/C=C\CCCCCCC)COP(=O)([O-])OCC[N+](C)(C)C. The second kappa shape index (κ2) is 60.9. The summed E-state index contributed by atoms with van der Waals surface area (Å²) in [5, 5.41) is 0. The van der Waals surface area contributed by atoms with Crippen molar-refractivity contribution >= 4 is 19.8 Å². The molecule has 2 atom stereocenters. The minimum absolute atomic E-state index is 0.0499. The Balaban J connectivity index is 4.28. The van der Waals surface area contributed by atoms with Gasteiger partial charge in [-0.3, -0.25) is 14.2 Å². The summed E-state index contributed by atoms with van der Waals surface area (Å²) in [6, 6.07) is 0. The predicted molar refractivity (Wildman–Crippen MR) is 350 cm³/mol. The first-order chi connectivity index (χ1) is 40.0. The van der Waals surface area contributed by atoms with Gasteiger partial charge in [0.05, 0.1) is 27.7 Å². The van der Waals surface area contributed by atoms with Crippen LogP contribution >= 0.6 is 7.82 Å². The van der Waals surface area contributed by atoms with Gasteiger partial charge in [-0.15, -0.1) is 0 Å². The van der Waals surface area contributed by atoms with Gasteiger partial charge in [0.1, 0.15) is 19.8 Å². The van der Waals surface area contributed by atoms with Crippen LogP contribution in [0.1, 0.15) is 219 Å². The number of quaternary nitrogens is 1. The summed E-state index contributed by atoms with van der Waals surface area (Å²) in [4.78, 5) is 37.9. The lowest BCUT2D eigenvalue weighted by molar-refractivity contribution is -0.870. The van der Waals surface area contributed by atoms with Crippen molar-refractivity contribution in [2.75, 3.05) is 47.5 Å². The normalized spacial score (nSPS) is 14.4. The average molecular weight is 1150 g/mol. The van der Waals surface area contributed by atoms with E-state index in [1.165, 1.54) is 38.5 Å². The number of allylic oxidation sites excluding steroid dienone is 28. The molecule has 2 unspecified atom stereocenters. The highest BCUT2D eigenvalue weighted by atomic mass is 31.2. The first-order valence-corrected chi connectivity index (χ1v) is 33.3. The fourth-order valence-corrected chi connectivity index (χ4v) is 8.57. The van der Waals surface area contributed by atoms with Gasteiger partial charge in [0.15, 0.2) is 6.10 Å². The summed E-state index contributed by atoms with van der Waals surface area (Å²) in [6.07, 6.45) is 92.7. The molecule has 0 heterocycles. The lowest BCUT2D eigenvalue weighted by Crippen LogP contribution is -2.37. The maximum absolute atomic E-state index is 12.8. The van der Waals surface area contributed by atoms with Crippen LogP contribution in [0.3, 0.4) is 0 Å². The summed E-state index contributed by atoms with van der Waals surface area (Å²) < 4.78 is 34.1. The predicted octanol–water partition coefficient (Wildman–Crippen LogP) is 20.0. The van der Waals surface area contributed by atoms with Crippen molar-refractivity contribution in [1.82, 2.24) is 0 Å². The molecule has 0 aliphatic heterocycles. The minimum Gasteiger partial charge on any atom is -0.756 e. The second-order valence-corrected chi connectivity index (χ2v) is 23.1. The molecule has 0 saturated carbocycles. The molecular weight excluding hydrogens is 1040 g/mol. The molecule has 0 spiro atoms. The molecule has 10 heteroatoms. The fraction of sp³-hybridized carbons (Fsp3) is 0.583. The Morgan fingerprint density at radius 2 is 0.695 bits per heavy atom. The van der Waals surface area contributed by atoms with Crippen molar-refractivity contribution in [2.45, 2.75) is 225 Å². The van der Waals surface area contributed by atoms with Crippen LogP contribution in [0.2, 0.25) is 0 Å². The average Bonchev–Trinajstić information content (AvgIpc) is 3.46. The molecule has 9 nitrogen and oxygen atoms in total. The van der Waals surface area contributed by atoms with Crippen LogP contribution in [0, 0.1) is 0 Å². The van der Waals surface area contributed by atoms with E-state index in [-0.39, 0.29) is 26.1 Å². The highest BCUT2D eigenvalue weighted by Crippen LogP contribution is 2.38. The quantitative estimate of drug-likeness (QED) is 0.0195. The fourth-order valence-electron chi connectivity index (χ4n) is 7.84. The third-order valence-electron chi connectivity index (χ3n) is 12.7. The maximum atomic E-state index is 12.8. The van der Waals surface area contributed by atoms with Gasteiger partial charge >= 0.3 is 11.9 Å². The van der Waals surface area contributed by atoms with Crippen molar-refractivity contribution in [1.29, 1.82) is 0 Å². The molecule has 0 aromatic carbocycles. The van der Waals surface area contributed by atoms with Gasteiger partial charge in [0.2, 0.25) is 0 Å². The number of unbranched alkanes of at least 4 members (excludes halogenated alkanes) is 14. The van der Waals surface area contributed by atoms with Crippen LogP contribution in [0.5, 0.6) is 0 Å². The summed E-state index contributed by atoms with van der Waals surface area (Å²) in [5.41, 5.74) is 0. The number of carbonyl (C=O) groups excluding carboxylic acids is 2. The molecule has 0 amide bonds. The Kier molecular flexibility index (Phi) is 57.5. The number of rotatable bonds is 56. The molecule has 0 N–H and O–H groups in total. The van der Waals surface area contributed by atoms with Gasteiger partial charge in [-0.25, -0.2) is 0 Å². The molecular formula is C72H116NO8P. The van der Waals surface area contributed by atoms with Crippen LogP contribution in [-0.2, 0) is 32.7 Å². The van der Waals surface area contributed by atoms with E-state index in [1.807, 2.05) is 21.1 Å². The van der Waals surface area contributed by atoms with Gasteiger partial charge < -0.3 is 27.9 Å². The number of phosphoric acid groups is 1. The molecule has 0 bridgehead atoms. The molecule has 0 aliphatic carbocycles. The van der Waals surface area contributed by atoms with Gasteiger partial charge in [0, 0.05) is 12.8 Å². The van der Waals surface area contributed by atoms with Gasteiger partial charge in [-0.05, 0) is 135 Å². The van der Waals surface area contributed by atoms with Crippen molar-refractivity contribution in [3.05, 3.63) is 170 Å². The van der Waals surface area contributed by atoms with E-state index in [2.05, 4.69) is 184 Å². The molecule has 0 fully saturated rings. The molecule has 0 saturated heterocycles. The second-order valence-electron chi connectivity index (χ2n) is 21.7. The van der Waals surface area contributed by atoms with Crippen molar-refractivity contribution in [3.8, 4) is 0 Å². The summed E-state index contributed by atoms with van der Waals surface area (Å²) in [7, 11) is 1.11. The number of esters is 2. The molecule has 0 rings (SSSR count). The third kappa shape index (κ3) is 64.5. The zero-order valence-corrected chi connectivity index (χ0v) is 53.3. The zero-order chi connectivity index (χ0) is 59.8. The summed E-state index contributed by atoms with van der Waals surface area (Å²) in [5.74, 6) is -0.900. The Labute approximate surface area is 502 Å². The summed E-state index contributed by atoms with van der Waals surface area (Å²) in [6.45, 7) is 4.03. The first-order valence-electron chi connectivity index (χ1n) is 31.8. The van der Waals surface area contributed by atoms with E-state index < -0.39 is 32.5 Å². The van der Waals surface area contributed by atoms with Crippen LogP contribution < -0.4 is 4.89 Å². The highest BCUT2D eigenvalue weighted by Gasteiger charge is 2.21. The standard InChI is InChI=1S/C72H116NO8P/c1-6-8-10-12-14-16-18-20-22-24-26-28-29-30-31-32-33-34-35-36-37-38-39-40-41-42-43-45-47-49-51-53-55-57-59-61-63-65-72(75)81-70(69-80-82(76,77)79-67-66-73(3,4)5)68-78-71(74)64-62-60-58-56-54-52-50-48-46-44-27-25-23-21-19-17-15-13-11-9-7-2/h8,10,14,16,19-22,25-28,30-31,33-34,36-37,39-40,42-43,46-49,53,55,70H,6-7,9,11-13,15,17-18,23-24,29,32,35,38,41,44-45,50-52,54,56-69H2,1-5H3/b10-8-,16-14-,21-19-,22-20-,27-25-,28-26-,31-30-,34-33-,37-36-,40-39-,43-42-,48-46-,49-47-,55-53-. The van der Waals surface area contributed by atoms with Gasteiger partial charge in [-0.2, -0.15) is 0 Å². The monoisotopic (exact) mass is 1150 g/mol. The Morgan fingerprint density at radius 3 is 1.05 bits per heavy atom. The van der Waals surface area contributed by atoms with Crippen LogP contribution in [-0.4, -0.2) is 70.0 Å². The van der Waals surface area contributed by atoms with E-state index in [9.17, 15) is 19.0 Å². The van der Waals surface area contributed by atoms with Crippen molar-refractivity contribution in [3.63, 3.8) is 0 Å². The maximum Gasteiger partial charge on any atom is 0.306 e. The number of hydrogen-bond donors (Lipinski definition) is 0. The molecule has 82 heavy (non-hydrogen) atoms. The van der Waals surface area contributed by atoms with Crippen molar-refractivity contribution in [2.24, 2.45) is 0 Å². The van der Waals surface area contributed by atoms with Crippen molar-refractivity contribution < 1.29 is 42.1 Å². The largest absolute Gasteiger partial charge is 0.756 e. The smallest absolute Gasteiger partial charge is 0.306 e.